The fraction of sp³-hybridized carbons (Fsp3) is 0.368. The van der Waals surface area contributed by atoms with Crippen molar-refractivity contribution < 1.29 is 9.59 Å². The maximum Gasteiger partial charge on any atom is 0.251 e. The van der Waals surface area contributed by atoms with Gasteiger partial charge in [-0.25, -0.2) is 0 Å². The molecule has 0 spiro atoms. The van der Waals surface area contributed by atoms with E-state index in [-0.39, 0.29) is 17.7 Å². The van der Waals surface area contributed by atoms with Crippen LogP contribution in [0, 0.1) is 5.92 Å². The first kappa shape index (κ1) is 33.0. The Labute approximate surface area is 273 Å². The number of hydrogen-bond donors (Lipinski definition) is 3. The Bertz CT molecular complexity index is 1520. The average Bonchev–Trinajstić information content (AvgIpc) is 3.10. The van der Waals surface area contributed by atoms with Gasteiger partial charge in [0.25, 0.3) is 5.91 Å². The van der Waals surface area contributed by atoms with Gasteiger partial charge >= 0.3 is 0 Å². The number of pyridine rings is 2. The highest BCUT2D eigenvalue weighted by Crippen LogP contribution is 2.34. The minimum atomic E-state index is -0.564. The number of nitrogens with one attached hydrogen (secondary N) is 3. The van der Waals surface area contributed by atoms with Gasteiger partial charge in [0, 0.05) is 69.3 Å². The average molecular weight is 619 g/mol. The standard InChI is InChI=1S/C38H46N6O2/c1-28(2)36(43-37(45)30-11-4-3-5-12-30)38(46)44-23-18-29(19-24-44)35-31(25-39-22-17-33-15-6-8-20-41-33)13-10-14-32(35)26-40-27-34-16-7-9-21-42-34/h3-16,20-21,28-29,36,39-40H,17-19,22-27H2,1-2H3,(H,43,45)/t36-/m0/s1. The second kappa shape index (κ2) is 16.8. The van der Waals surface area contributed by atoms with Gasteiger partial charge in [-0.3, -0.25) is 19.6 Å². The highest BCUT2D eigenvalue weighted by atomic mass is 16.2. The van der Waals surface area contributed by atoms with Gasteiger partial charge in [-0.05, 0) is 77.8 Å². The molecule has 0 saturated carbocycles. The van der Waals surface area contributed by atoms with Crippen molar-refractivity contribution in [2.75, 3.05) is 19.6 Å². The summed E-state index contributed by atoms with van der Waals surface area (Å²) in [5, 5.41) is 10.3. The molecule has 0 bridgehead atoms. The van der Waals surface area contributed by atoms with Crippen molar-refractivity contribution in [3.05, 3.63) is 131 Å². The second-order valence-electron chi connectivity index (χ2n) is 12.3. The van der Waals surface area contributed by atoms with Gasteiger partial charge in [0.05, 0.1) is 5.69 Å². The van der Waals surface area contributed by atoms with Gasteiger partial charge in [-0.1, -0.05) is 62.4 Å². The Hall–Kier alpha value is -4.40. The van der Waals surface area contributed by atoms with Crippen LogP contribution in [0.15, 0.2) is 97.3 Å². The molecule has 1 fully saturated rings. The first-order valence-corrected chi connectivity index (χ1v) is 16.5. The molecule has 8 nitrogen and oxygen atoms in total. The Morgan fingerprint density at radius 3 is 2.02 bits per heavy atom. The number of amides is 2. The maximum atomic E-state index is 13.7. The largest absolute Gasteiger partial charge is 0.341 e. The van der Waals surface area contributed by atoms with E-state index in [0.29, 0.717) is 31.1 Å². The van der Waals surface area contributed by atoms with E-state index in [1.165, 1.54) is 16.7 Å². The third-order valence-electron chi connectivity index (χ3n) is 8.70. The molecule has 46 heavy (non-hydrogen) atoms. The molecule has 2 aromatic heterocycles. The van der Waals surface area contributed by atoms with Crippen LogP contribution < -0.4 is 16.0 Å². The number of rotatable bonds is 14. The number of piperidine rings is 1. The van der Waals surface area contributed by atoms with Gasteiger partial charge in [0.1, 0.15) is 6.04 Å². The minimum absolute atomic E-state index is 0.000504. The summed E-state index contributed by atoms with van der Waals surface area (Å²) in [5.41, 5.74) is 6.64. The Kier molecular flexibility index (Phi) is 12.0. The summed E-state index contributed by atoms with van der Waals surface area (Å²) in [6.07, 6.45) is 6.29. The summed E-state index contributed by atoms with van der Waals surface area (Å²) < 4.78 is 0. The summed E-state index contributed by atoms with van der Waals surface area (Å²) in [4.78, 5) is 37.5. The molecule has 0 radical (unpaired) electrons. The fourth-order valence-corrected chi connectivity index (χ4v) is 6.23. The summed E-state index contributed by atoms with van der Waals surface area (Å²) in [6.45, 7) is 8.36. The lowest BCUT2D eigenvalue weighted by Crippen LogP contribution is -2.52. The predicted molar refractivity (Wildman–Crippen MR) is 182 cm³/mol. The van der Waals surface area contributed by atoms with Crippen LogP contribution >= 0.6 is 0 Å². The summed E-state index contributed by atoms with van der Waals surface area (Å²) >= 11 is 0. The molecule has 2 amide bonds. The molecule has 0 aliphatic carbocycles. The lowest BCUT2D eigenvalue weighted by Gasteiger charge is -2.37. The van der Waals surface area contributed by atoms with E-state index in [4.69, 9.17) is 0 Å². The summed E-state index contributed by atoms with van der Waals surface area (Å²) in [5.74, 6) is 0.0998. The number of hydrogen-bond acceptors (Lipinski definition) is 6. The molecule has 4 aromatic rings. The van der Waals surface area contributed by atoms with E-state index >= 15 is 0 Å². The van der Waals surface area contributed by atoms with Crippen LogP contribution in [0.1, 0.15) is 71.0 Å². The monoisotopic (exact) mass is 618 g/mol. The van der Waals surface area contributed by atoms with E-state index < -0.39 is 6.04 Å². The Balaban J connectivity index is 1.25. The first-order chi connectivity index (χ1) is 22.5. The van der Waals surface area contributed by atoms with Crippen LogP contribution in [0.25, 0.3) is 0 Å². The Morgan fingerprint density at radius 1 is 0.761 bits per heavy atom. The molecule has 5 rings (SSSR count). The van der Waals surface area contributed by atoms with E-state index in [2.05, 4.69) is 50.2 Å². The zero-order valence-corrected chi connectivity index (χ0v) is 27.0. The van der Waals surface area contributed by atoms with Crippen LogP contribution in [0.5, 0.6) is 0 Å². The molecule has 1 aliphatic rings. The number of carbonyl (C=O) groups excluding carboxylic acids is 2. The number of aromatic nitrogens is 2. The topological polar surface area (TPSA) is 99.3 Å². The van der Waals surface area contributed by atoms with Crippen molar-refractivity contribution in [3.8, 4) is 0 Å². The first-order valence-electron chi connectivity index (χ1n) is 16.5. The smallest absolute Gasteiger partial charge is 0.251 e. The van der Waals surface area contributed by atoms with Crippen molar-refractivity contribution in [1.29, 1.82) is 0 Å². The highest BCUT2D eigenvalue weighted by Gasteiger charge is 2.32. The fourth-order valence-electron chi connectivity index (χ4n) is 6.23. The van der Waals surface area contributed by atoms with Crippen LogP contribution in [-0.2, 0) is 30.8 Å². The third-order valence-corrected chi connectivity index (χ3v) is 8.70. The second-order valence-corrected chi connectivity index (χ2v) is 12.3. The zero-order chi connectivity index (χ0) is 32.1. The van der Waals surface area contributed by atoms with Crippen LogP contribution in [-0.4, -0.2) is 52.4 Å². The molecule has 240 valence electrons. The van der Waals surface area contributed by atoms with Crippen LogP contribution in [0.2, 0.25) is 0 Å². The number of carbonyl (C=O) groups is 2. The van der Waals surface area contributed by atoms with Crippen molar-refractivity contribution in [2.24, 2.45) is 5.92 Å². The zero-order valence-electron chi connectivity index (χ0n) is 27.0. The molecule has 8 heteroatoms. The molecule has 0 unspecified atom stereocenters. The normalized spacial score (nSPS) is 14.3. The molecular weight excluding hydrogens is 572 g/mol. The van der Waals surface area contributed by atoms with Crippen molar-refractivity contribution >= 4 is 11.8 Å². The van der Waals surface area contributed by atoms with E-state index in [1.54, 1.807) is 12.1 Å². The molecule has 1 atom stereocenters. The molecule has 3 N–H and O–H groups in total. The maximum absolute atomic E-state index is 13.7. The molecular formula is C38H46N6O2. The van der Waals surface area contributed by atoms with Gasteiger partial charge < -0.3 is 20.9 Å². The SMILES string of the molecule is CC(C)[C@H](NC(=O)c1ccccc1)C(=O)N1CCC(c2c(CNCCc3ccccn3)cccc2CNCc2ccccn2)CC1. The van der Waals surface area contributed by atoms with E-state index in [0.717, 1.165) is 50.3 Å². The lowest BCUT2D eigenvalue weighted by molar-refractivity contribution is -0.135. The van der Waals surface area contributed by atoms with E-state index in [1.807, 2.05) is 79.7 Å². The number of nitrogens with zero attached hydrogens (tertiary/aromatic N) is 3. The van der Waals surface area contributed by atoms with Crippen LogP contribution in [0.4, 0.5) is 0 Å². The molecule has 2 aromatic carbocycles. The van der Waals surface area contributed by atoms with Crippen molar-refractivity contribution in [3.63, 3.8) is 0 Å². The van der Waals surface area contributed by atoms with Crippen molar-refractivity contribution in [2.45, 2.75) is 64.7 Å². The number of benzene rings is 2. The van der Waals surface area contributed by atoms with Gasteiger partial charge in [0.2, 0.25) is 5.91 Å². The lowest BCUT2D eigenvalue weighted by atomic mass is 9.83. The predicted octanol–water partition coefficient (Wildman–Crippen LogP) is 5.26. The third kappa shape index (κ3) is 9.08. The highest BCUT2D eigenvalue weighted by molar-refractivity contribution is 5.97. The molecule has 3 heterocycles. The number of likely N-dealkylation sites (tertiary alicyclic amines) is 1. The minimum Gasteiger partial charge on any atom is -0.341 e. The quantitative estimate of drug-likeness (QED) is 0.167. The van der Waals surface area contributed by atoms with Crippen molar-refractivity contribution in [1.82, 2.24) is 30.8 Å². The van der Waals surface area contributed by atoms with Gasteiger partial charge in [0.15, 0.2) is 0 Å². The van der Waals surface area contributed by atoms with Crippen LogP contribution in [0.3, 0.4) is 0 Å². The molecule has 1 saturated heterocycles. The van der Waals surface area contributed by atoms with E-state index in [9.17, 15) is 9.59 Å². The summed E-state index contributed by atoms with van der Waals surface area (Å²) in [6, 6.07) is 27.2. The summed E-state index contributed by atoms with van der Waals surface area (Å²) in [7, 11) is 0. The van der Waals surface area contributed by atoms with Gasteiger partial charge in [-0.2, -0.15) is 0 Å². The van der Waals surface area contributed by atoms with Gasteiger partial charge in [-0.15, -0.1) is 0 Å². The molecule has 1 aliphatic heterocycles. The Morgan fingerprint density at radius 2 is 1.39 bits per heavy atom.